The van der Waals surface area contributed by atoms with Crippen LogP contribution in [0.5, 0.6) is 0 Å². The van der Waals surface area contributed by atoms with Crippen LogP contribution in [0, 0.1) is 0 Å². The zero-order valence-electron chi connectivity index (χ0n) is 16.8. The molecular weight excluding hydrogens is 426 g/mol. The molecule has 160 valence electrons. The van der Waals surface area contributed by atoms with Crippen molar-refractivity contribution in [2.24, 2.45) is 4.99 Å². The Morgan fingerprint density at radius 1 is 0.938 bits per heavy atom. The van der Waals surface area contributed by atoms with Gasteiger partial charge in [-0.25, -0.2) is 9.79 Å². The second-order valence-corrected chi connectivity index (χ2v) is 8.15. The first-order chi connectivity index (χ1) is 15.5. The fraction of sp³-hybridized carbons (Fsp3) is 0.0833. The van der Waals surface area contributed by atoms with Crippen LogP contribution in [0.2, 0.25) is 0 Å². The molecule has 0 saturated carbocycles. The van der Waals surface area contributed by atoms with Crippen molar-refractivity contribution in [3.8, 4) is 0 Å². The molecule has 1 fully saturated rings. The number of carboxylic acid groups (broad SMARTS) is 1. The highest BCUT2D eigenvalue weighted by molar-refractivity contribution is 8.16. The van der Waals surface area contributed by atoms with E-state index in [1.54, 1.807) is 0 Å². The molecule has 0 spiro atoms. The summed E-state index contributed by atoms with van der Waals surface area (Å²) < 4.78 is 0. The summed E-state index contributed by atoms with van der Waals surface area (Å²) in [6, 6.07) is 24.4. The molecule has 3 aromatic rings. The second-order valence-electron chi connectivity index (χ2n) is 6.98. The summed E-state index contributed by atoms with van der Waals surface area (Å²) in [7, 11) is 0. The minimum atomic E-state index is -1.04. The Balaban J connectivity index is 1.52. The SMILES string of the molecule is O=C(CC1SC(=Nc2ccccc2)N(c2ccccc2)C1=O)Nc1ccc(C(=O)O)cc1. The molecule has 1 unspecified atom stereocenters. The van der Waals surface area contributed by atoms with Crippen LogP contribution in [0.25, 0.3) is 0 Å². The van der Waals surface area contributed by atoms with Crippen LogP contribution in [0.15, 0.2) is 89.9 Å². The van der Waals surface area contributed by atoms with Crippen LogP contribution in [0.3, 0.4) is 0 Å². The number of hydrogen-bond donors (Lipinski definition) is 2. The van der Waals surface area contributed by atoms with E-state index in [0.29, 0.717) is 22.2 Å². The van der Waals surface area contributed by atoms with Gasteiger partial charge in [0.1, 0.15) is 5.25 Å². The summed E-state index contributed by atoms with van der Waals surface area (Å²) in [5.74, 6) is -1.60. The van der Waals surface area contributed by atoms with Crippen molar-refractivity contribution in [3.63, 3.8) is 0 Å². The van der Waals surface area contributed by atoms with Crippen LogP contribution >= 0.6 is 11.8 Å². The molecule has 0 aromatic heterocycles. The van der Waals surface area contributed by atoms with Crippen LogP contribution in [-0.2, 0) is 9.59 Å². The number of anilines is 2. The average Bonchev–Trinajstić information content (AvgIpc) is 3.09. The largest absolute Gasteiger partial charge is 0.478 e. The smallest absolute Gasteiger partial charge is 0.335 e. The highest BCUT2D eigenvalue weighted by Gasteiger charge is 2.40. The van der Waals surface area contributed by atoms with Gasteiger partial charge in [0.2, 0.25) is 11.8 Å². The Morgan fingerprint density at radius 2 is 1.56 bits per heavy atom. The lowest BCUT2D eigenvalue weighted by atomic mass is 10.2. The molecule has 3 aromatic carbocycles. The number of thioether (sulfide) groups is 1. The number of carbonyl (C=O) groups is 3. The third kappa shape index (κ3) is 4.87. The highest BCUT2D eigenvalue weighted by atomic mass is 32.2. The molecular formula is C24H19N3O4S. The first-order valence-corrected chi connectivity index (χ1v) is 10.7. The Labute approximate surface area is 188 Å². The molecule has 1 aliphatic rings. The van der Waals surface area contributed by atoms with E-state index in [1.165, 1.54) is 40.9 Å². The van der Waals surface area contributed by atoms with Gasteiger partial charge in [0.05, 0.1) is 16.9 Å². The predicted molar refractivity (Wildman–Crippen MR) is 125 cm³/mol. The summed E-state index contributed by atoms with van der Waals surface area (Å²) in [5, 5.41) is 11.6. The first-order valence-electron chi connectivity index (χ1n) is 9.84. The van der Waals surface area contributed by atoms with E-state index in [1.807, 2.05) is 60.7 Å². The number of benzene rings is 3. The van der Waals surface area contributed by atoms with E-state index >= 15 is 0 Å². The van der Waals surface area contributed by atoms with Gasteiger partial charge in [-0.3, -0.25) is 14.5 Å². The van der Waals surface area contributed by atoms with Gasteiger partial charge < -0.3 is 10.4 Å². The molecule has 32 heavy (non-hydrogen) atoms. The van der Waals surface area contributed by atoms with Crippen molar-refractivity contribution in [2.75, 3.05) is 10.2 Å². The van der Waals surface area contributed by atoms with Crippen molar-refractivity contribution in [1.82, 2.24) is 0 Å². The number of amides is 2. The van der Waals surface area contributed by atoms with Crippen LogP contribution in [-0.4, -0.2) is 33.3 Å². The maximum atomic E-state index is 13.2. The summed E-state index contributed by atoms with van der Waals surface area (Å²) in [6.07, 6.45) is -0.0404. The lowest BCUT2D eigenvalue weighted by Crippen LogP contribution is -2.33. The van der Waals surface area contributed by atoms with E-state index in [-0.39, 0.29) is 23.8 Å². The fourth-order valence-corrected chi connectivity index (χ4v) is 4.33. The third-order valence-electron chi connectivity index (χ3n) is 4.72. The van der Waals surface area contributed by atoms with Crippen molar-refractivity contribution in [1.29, 1.82) is 0 Å². The number of para-hydroxylation sites is 2. The lowest BCUT2D eigenvalue weighted by molar-refractivity contribution is -0.121. The van der Waals surface area contributed by atoms with Gasteiger partial charge >= 0.3 is 5.97 Å². The Morgan fingerprint density at radius 3 is 2.19 bits per heavy atom. The molecule has 7 nitrogen and oxygen atoms in total. The van der Waals surface area contributed by atoms with Gasteiger partial charge in [-0.1, -0.05) is 48.2 Å². The molecule has 1 atom stereocenters. The van der Waals surface area contributed by atoms with Crippen LogP contribution in [0.1, 0.15) is 16.8 Å². The van der Waals surface area contributed by atoms with Gasteiger partial charge in [-0.15, -0.1) is 0 Å². The molecule has 8 heteroatoms. The average molecular weight is 446 g/mol. The van der Waals surface area contributed by atoms with Crippen molar-refractivity contribution < 1.29 is 19.5 Å². The molecule has 2 N–H and O–H groups in total. The fourth-order valence-electron chi connectivity index (χ4n) is 3.18. The van der Waals surface area contributed by atoms with Crippen molar-refractivity contribution in [2.45, 2.75) is 11.7 Å². The first kappa shape index (κ1) is 21.3. The quantitative estimate of drug-likeness (QED) is 0.580. The molecule has 1 saturated heterocycles. The predicted octanol–water partition coefficient (Wildman–Crippen LogP) is 4.55. The minimum Gasteiger partial charge on any atom is -0.478 e. The molecule has 0 radical (unpaired) electrons. The van der Waals surface area contributed by atoms with Gasteiger partial charge in [-0.05, 0) is 48.5 Å². The topological polar surface area (TPSA) is 99.1 Å². The number of amidine groups is 1. The zero-order valence-corrected chi connectivity index (χ0v) is 17.7. The van der Waals surface area contributed by atoms with Crippen LogP contribution < -0.4 is 10.2 Å². The van der Waals surface area contributed by atoms with Crippen molar-refractivity contribution >= 4 is 51.8 Å². The molecule has 0 aliphatic carbocycles. The monoisotopic (exact) mass is 445 g/mol. The lowest BCUT2D eigenvalue weighted by Gasteiger charge is -2.16. The molecule has 4 rings (SSSR count). The number of aliphatic imine (C=N–C) groups is 1. The Hall–Kier alpha value is -3.91. The molecule has 0 bridgehead atoms. The van der Waals surface area contributed by atoms with Crippen LogP contribution in [0.4, 0.5) is 17.1 Å². The molecule has 1 heterocycles. The van der Waals surface area contributed by atoms with E-state index in [9.17, 15) is 14.4 Å². The minimum absolute atomic E-state index is 0.0404. The van der Waals surface area contributed by atoms with Crippen molar-refractivity contribution in [3.05, 3.63) is 90.5 Å². The molecule has 1 aliphatic heterocycles. The maximum Gasteiger partial charge on any atom is 0.335 e. The number of nitrogens with one attached hydrogen (secondary N) is 1. The van der Waals surface area contributed by atoms with E-state index in [2.05, 4.69) is 10.3 Å². The Kier molecular flexibility index (Phi) is 6.32. The summed E-state index contributed by atoms with van der Waals surface area (Å²) >= 11 is 1.25. The van der Waals surface area contributed by atoms with Gasteiger partial charge in [0, 0.05) is 12.1 Å². The van der Waals surface area contributed by atoms with E-state index < -0.39 is 11.2 Å². The number of carboxylic acids is 1. The normalized spacial score (nSPS) is 16.9. The number of nitrogens with zero attached hydrogens (tertiary/aromatic N) is 2. The number of aromatic carboxylic acids is 1. The zero-order chi connectivity index (χ0) is 22.5. The van der Waals surface area contributed by atoms with E-state index in [4.69, 9.17) is 5.11 Å². The standard InChI is InChI=1S/C24H19N3O4S/c28-21(25-18-13-11-16(12-14-18)23(30)31)15-20-22(29)27(19-9-5-2-6-10-19)24(32-20)26-17-7-3-1-4-8-17/h1-14,20H,15H2,(H,25,28)(H,30,31). The number of carbonyl (C=O) groups excluding carboxylic acids is 2. The van der Waals surface area contributed by atoms with Gasteiger partial charge in [0.25, 0.3) is 0 Å². The number of hydrogen-bond acceptors (Lipinski definition) is 5. The molecule has 2 amide bonds. The van der Waals surface area contributed by atoms with Gasteiger partial charge in [-0.2, -0.15) is 0 Å². The van der Waals surface area contributed by atoms with E-state index in [0.717, 1.165) is 0 Å². The maximum absolute atomic E-state index is 13.2. The highest BCUT2D eigenvalue weighted by Crippen LogP contribution is 2.35. The summed E-state index contributed by atoms with van der Waals surface area (Å²) in [4.78, 5) is 42.9. The van der Waals surface area contributed by atoms with Gasteiger partial charge in [0.15, 0.2) is 5.17 Å². The number of rotatable bonds is 6. The Bertz CT molecular complexity index is 1160. The summed E-state index contributed by atoms with van der Waals surface area (Å²) in [6.45, 7) is 0. The summed E-state index contributed by atoms with van der Waals surface area (Å²) in [5.41, 5.74) is 2.00. The second kappa shape index (κ2) is 9.49. The third-order valence-corrected chi connectivity index (χ3v) is 5.85.